The van der Waals surface area contributed by atoms with Crippen LogP contribution in [0.2, 0.25) is 0 Å². The van der Waals surface area contributed by atoms with E-state index in [1.54, 1.807) is 12.1 Å². The van der Waals surface area contributed by atoms with Crippen LogP contribution in [0.3, 0.4) is 0 Å². The van der Waals surface area contributed by atoms with Crippen molar-refractivity contribution >= 4 is 22.5 Å². The molecular formula is C32H48N10O10S. The number of aliphatic hydroxyl groups excluding tert-OH is 2. The number of fused-ring (bicyclic) bond motifs is 6. The largest absolute Gasteiger partial charge is 0.442 e. The van der Waals surface area contributed by atoms with Gasteiger partial charge in [-0.05, 0) is 63.5 Å². The number of rotatable bonds is 18. The van der Waals surface area contributed by atoms with Gasteiger partial charge < -0.3 is 50.3 Å². The molecule has 6 N–H and O–H groups in total. The summed E-state index contributed by atoms with van der Waals surface area (Å²) in [6.45, 7) is 3.72. The van der Waals surface area contributed by atoms with E-state index in [0.29, 0.717) is 37.3 Å². The summed E-state index contributed by atoms with van der Waals surface area (Å²) in [5.74, 6) is 0.530. The Labute approximate surface area is 306 Å². The molecule has 2 spiro atoms. The summed E-state index contributed by atoms with van der Waals surface area (Å²) >= 11 is 0. The van der Waals surface area contributed by atoms with Crippen LogP contribution in [0, 0.1) is 10.8 Å². The van der Waals surface area contributed by atoms with E-state index in [1.165, 1.54) is 9.80 Å². The zero-order valence-electron chi connectivity index (χ0n) is 29.8. The van der Waals surface area contributed by atoms with Crippen molar-refractivity contribution in [3.8, 4) is 0 Å². The summed E-state index contributed by atoms with van der Waals surface area (Å²) in [6, 6.07) is -0.161. The summed E-state index contributed by atoms with van der Waals surface area (Å²) in [5, 5.41) is 43.6. The number of aliphatic hydroxyl groups is 2. The fourth-order valence-electron chi connectivity index (χ4n) is 8.51. The second kappa shape index (κ2) is 14.0. The van der Waals surface area contributed by atoms with Gasteiger partial charge in [0.15, 0.2) is 11.5 Å². The van der Waals surface area contributed by atoms with E-state index in [1.807, 2.05) is 14.1 Å². The molecule has 4 bridgehead atoms. The first kappa shape index (κ1) is 36.6. The van der Waals surface area contributed by atoms with E-state index in [4.69, 9.17) is 17.6 Å². The van der Waals surface area contributed by atoms with Gasteiger partial charge in [-0.1, -0.05) is 10.3 Å². The zero-order chi connectivity index (χ0) is 37.1. The van der Waals surface area contributed by atoms with Crippen LogP contribution in [0.4, 0.5) is 9.59 Å². The van der Waals surface area contributed by atoms with Gasteiger partial charge in [0.05, 0.1) is 24.2 Å². The van der Waals surface area contributed by atoms with Crippen LogP contribution in [0.1, 0.15) is 85.7 Å². The van der Waals surface area contributed by atoms with Gasteiger partial charge in [0.25, 0.3) is 0 Å². The minimum Gasteiger partial charge on any atom is -0.384 e. The molecule has 2 aromatic rings. The molecular weight excluding hydrogens is 716 g/mol. The Balaban J connectivity index is 0.931. The molecule has 6 fully saturated rings. The topological polar surface area (TPSA) is 240 Å². The summed E-state index contributed by atoms with van der Waals surface area (Å²) in [6.07, 6.45) is 2.21. The average molecular weight is 765 g/mol. The Hall–Kier alpha value is -3.41. The Morgan fingerprint density at radius 3 is 1.57 bits per heavy atom. The van der Waals surface area contributed by atoms with Crippen molar-refractivity contribution in [1.82, 2.24) is 51.5 Å². The average Bonchev–Trinajstić information content (AvgIpc) is 3.82. The van der Waals surface area contributed by atoms with Crippen LogP contribution in [-0.2, 0) is 19.0 Å². The molecule has 4 aliphatic heterocycles. The first-order valence-corrected chi connectivity index (χ1v) is 19.6. The quantitative estimate of drug-likeness (QED) is 0.108. The van der Waals surface area contributed by atoms with Crippen LogP contribution in [0.5, 0.6) is 0 Å². The van der Waals surface area contributed by atoms with Crippen LogP contribution < -0.4 is 21.3 Å². The van der Waals surface area contributed by atoms with E-state index < -0.39 is 58.8 Å². The molecule has 8 rings (SSSR count). The molecule has 292 valence electrons. The minimum absolute atomic E-state index is 0.208. The van der Waals surface area contributed by atoms with Crippen LogP contribution in [0.15, 0.2) is 21.2 Å². The predicted molar refractivity (Wildman–Crippen MR) is 181 cm³/mol. The lowest BCUT2D eigenvalue weighted by molar-refractivity contribution is -0.101. The standard InChI is InChI=1S/C32H48N10O10S/c1-33-7-9-35-15-23(43)25-11-19(37-49-25)21-13-31(3-4-31)27-17-39(21)29(45)41(27)51-53(47,48)52-42-28-18-40(30(42)46)22(14-32(28)5-6-32)20-12-26(50-38-20)24(44)16-36-10-8-34-2/h11-12,21-24,27-28,33-36,43-44H,3-10,13-18H2,1-2H3/t21-,22-,23+,24+,27-,28-/m0/s1. The first-order valence-electron chi connectivity index (χ1n) is 18.3. The highest BCUT2D eigenvalue weighted by atomic mass is 32.3. The summed E-state index contributed by atoms with van der Waals surface area (Å²) in [7, 11) is -1.27. The molecule has 53 heavy (non-hydrogen) atoms. The Bertz CT molecular complexity index is 1660. The molecule has 6 aliphatic rings. The lowest BCUT2D eigenvalue weighted by atomic mass is 9.84. The lowest BCUT2D eigenvalue weighted by Crippen LogP contribution is -2.45. The van der Waals surface area contributed by atoms with Gasteiger partial charge in [-0.2, -0.15) is 18.5 Å². The Morgan fingerprint density at radius 2 is 1.19 bits per heavy atom. The number of carbonyl (C=O) groups excluding carboxylic acids is 2. The van der Waals surface area contributed by atoms with Crippen LogP contribution in [-0.4, -0.2) is 139 Å². The highest BCUT2D eigenvalue weighted by Crippen LogP contribution is 2.63. The first-order chi connectivity index (χ1) is 25.5. The normalized spacial score (nSPS) is 27.8. The third kappa shape index (κ3) is 6.79. The second-order valence-corrected chi connectivity index (χ2v) is 16.3. The van der Waals surface area contributed by atoms with E-state index in [9.17, 15) is 28.2 Å². The highest BCUT2D eigenvalue weighted by Gasteiger charge is 2.66. The van der Waals surface area contributed by atoms with E-state index in [0.717, 1.165) is 48.9 Å². The summed E-state index contributed by atoms with van der Waals surface area (Å²) in [4.78, 5) is 30.6. The summed E-state index contributed by atoms with van der Waals surface area (Å²) < 4.78 is 49.0. The zero-order valence-corrected chi connectivity index (χ0v) is 30.6. The highest BCUT2D eigenvalue weighted by molar-refractivity contribution is 7.81. The molecule has 2 aliphatic carbocycles. The van der Waals surface area contributed by atoms with Crippen molar-refractivity contribution in [2.45, 2.75) is 74.9 Å². The monoisotopic (exact) mass is 764 g/mol. The van der Waals surface area contributed by atoms with Gasteiger partial charge in [-0.15, -0.1) is 8.57 Å². The van der Waals surface area contributed by atoms with Gasteiger partial charge in [0, 0.05) is 64.5 Å². The number of urea groups is 2. The Kier molecular flexibility index (Phi) is 9.67. The van der Waals surface area contributed by atoms with Gasteiger partial charge in [0.1, 0.15) is 23.6 Å². The fourth-order valence-corrected chi connectivity index (χ4v) is 9.26. The minimum atomic E-state index is -4.94. The molecule has 0 unspecified atom stereocenters. The second-order valence-electron chi connectivity index (χ2n) is 15.2. The fraction of sp³-hybridized carbons (Fsp3) is 0.750. The molecule has 20 nitrogen and oxygen atoms in total. The van der Waals surface area contributed by atoms with Gasteiger partial charge in [0.2, 0.25) is 0 Å². The molecule has 21 heteroatoms. The number of amides is 4. The number of piperidine rings is 2. The van der Waals surface area contributed by atoms with Crippen molar-refractivity contribution in [3.05, 3.63) is 35.0 Å². The number of nitrogens with one attached hydrogen (secondary N) is 4. The number of aromatic nitrogens is 2. The molecule has 6 atom stereocenters. The molecule has 2 aromatic heterocycles. The maximum absolute atomic E-state index is 13.8. The molecule has 2 saturated carbocycles. The van der Waals surface area contributed by atoms with E-state index in [2.05, 4.69) is 31.6 Å². The number of likely N-dealkylation sites (N-methyl/N-ethyl adjacent to an activating group) is 2. The maximum Gasteiger partial charge on any atom is 0.442 e. The number of nitrogens with zero attached hydrogens (tertiary/aromatic N) is 6. The van der Waals surface area contributed by atoms with Crippen molar-refractivity contribution < 1.29 is 45.8 Å². The van der Waals surface area contributed by atoms with Crippen molar-refractivity contribution in [1.29, 1.82) is 0 Å². The van der Waals surface area contributed by atoms with E-state index in [-0.39, 0.29) is 48.5 Å². The third-order valence-electron chi connectivity index (χ3n) is 11.9. The number of carbonyl (C=O) groups is 2. The molecule has 4 saturated heterocycles. The molecule has 4 amide bonds. The SMILES string of the molecule is CNCCNC[C@@H](O)c1cc([C@@H]2CC3(CC3)[C@@H]3CN2C(=O)N3OS(=O)(=O)ON2C(=O)N3C[C@H]2C2(CC2)C[C@H]3c2cc([C@H](O)CNCCNC)on2)no1. The van der Waals surface area contributed by atoms with Gasteiger partial charge in [-0.25, -0.2) is 9.59 Å². The third-order valence-corrected chi connectivity index (χ3v) is 12.6. The Morgan fingerprint density at radius 1 is 0.774 bits per heavy atom. The van der Waals surface area contributed by atoms with Gasteiger partial charge in [-0.3, -0.25) is 0 Å². The molecule has 0 radical (unpaired) electrons. The number of hydrogen-bond acceptors (Lipinski definition) is 16. The van der Waals surface area contributed by atoms with Crippen molar-refractivity contribution in [2.75, 3.05) is 66.5 Å². The lowest BCUT2D eigenvalue weighted by Gasteiger charge is -2.36. The molecule has 6 heterocycles. The van der Waals surface area contributed by atoms with Crippen molar-refractivity contribution in [2.24, 2.45) is 10.8 Å². The van der Waals surface area contributed by atoms with Gasteiger partial charge >= 0.3 is 22.5 Å². The number of hydrogen-bond donors (Lipinski definition) is 6. The summed E-state index contributed by atoms with van der Waals surface area (Å²) in [5.41, 5.74) is 0.158. The number of hydroxylamine groups is 4. The van der Waals surface area contributed by atoms with Crippen molar-refractivity contribution in [3.63, 3.8) is 0 Å². The van der Waals surface area contributed by atoms with E-state index >= 15 is 0 Å². The molecule has 0 aromatic carbocycles. The van der Waals surface area contributed by atoms with Crippen LogP contribution >= 0.6 is 0 Å². The maximum atomic E-state index is 13.8. The smallest absolute Gasteiger partial charge is 0.384 e. The predicted octanol–water partition coefficient (Wildman–Crippen LogP) is -0.182. The van der Waals surface area contributed by atoms with Crippen LogP contribution in [0.25, 0.3) is 0 Å².